The van der Waals surface area contributed by atoms with Gasteiger partial charge in [0.05, 0.1) is 18.8 Å². The number of hydrogen-bond acceptors (Lipinski definition) is 4. The zero-order chi connectivity index (χ0) is 38.7. The molecule has 3 atom stereocenters. The van der Waals surface area contributed by atoms with Gasteiger partial charge in [0.1, 0.15) is 6.10 Å². The molecule has 3 unspecified atom stereocenters. The zero-order valence-electron chi connectivity index (χ0n) is 35.7. The van der Waals surface area contributed by atoms with E-state index in [9.17, 15) is 20.1 Å². The summed E-state index contributed by atoms with van der Waals surface area (Å²) in [6.45, 7) is 4.18. The standard InChI is InChI=1S/C48H93NO4/c1-3-5-7-9-11-13-15-17-19-21-23-25-26-28-30-32-34-36-38-40-42-46(51)48(53)45(44-50)49-47(52)43-41-39-37-35-33-31-29-27-24-22-20-18-16-14-12-10-8-6-4-2/h22,24,34,36,45-46,48,50-51,53H,3-21,23,25-33,35,37-44H2,1-2H3,(H,49,52)/b24-22-,36-34+. The molecule has 4 N–H and O–H groups in total. The Morgan fingerprint density at radius 1 is 0.453 bits per heavy atom. The average Bonchev–Trinajstić information content (AvgIpc) is 3.16. The van der Waals surface area contributed by atoms with Crippen LogP contribution in [0.2, 0.25) is 0 Å². The molecule has 1 amide bonds. The predicted octanol–water partition coefficient (Wildman–Crippen LogP) is 13.8. The molecule has 5 heteroatoms. The summed E-state index contributed by atoms with van der Waals surface area (Å²) in [5, 5.41) is 33.6. The van der Waals surface area contributed by atoms with Gasteiger partial charge in [-0.1, -0.05) is 205 Å². The largest absolute Gasteiger partial charge is 0.394 e. The van der Waals surface area contributed by atoms with Crippen LogP contribution in [0.1, 0.15) is 251 Å². The lowest BCUT2D eigenvalue weighted by molar-refractivity contribution is -0.124. The minimum absolute atomic E-state index is 0.157. The third-order valence-corrected chi connectivity index (χ3v) is 11.0. The van der Waals surface area contributed by atoms with E-state index in [4.69, 9.17) is 0 Å². The molecule has 0 radical (unpaired) electrons. The summed E-state index contributed by atoms with van der Waals surface area (Å²) in [6.07, 6.45) is 52.9. The second-order valence-electron chi connectivity index (χ2n) is 16.3. The van der Waals surface area contributed by atoms with Gasteiger partial charge < -0.3 is 20.6 Å². The van der Waals surface area contributed by atoms with Crippen LogP contribution in [0.25, 0.3) is 0 Å². The molecule has 5 nitrogen and oxygen atoms in total. The van der Waals surface area contributed by atoms with Crippen LogP contribution in [0.4, 0.5) is 0 Å². The summed E-state index contributed by atoms with van der Waals surface area (Å²) in [7, 11) is 0. The van der Waals surface area contributed by atoms with Crippen LogP contribution >= 0.6 is 0 Å². The molecule has 0 aromatic carbocycles. The average molecular weight is 748 g/mol. The Hall–Kier alpha value is -1.17. The summed E-state index contributed by atoms with van der Waals surface area (Å²) in [5.41, 5.74) is 0. The van der Waals surface area contributed by atoms with E-state index in [2.05, 4.69) is 43.5 Å². The molecule has 0 spiro atoms. The number of carbonyl (C=O) groups excluding carboxylic acids is 1. The number of carbonyl (C=O) groups is 1. The van der Waals surface area contributed by atoms with Crippen LogP contribution < -0.4 is 5.32 Å². The lowest BCUT2D eigenvalue weighted by Gasteiger charge is -2.26. The normalized spacial score (nSPS) is 13.7. The predicted molar refractivity (Wildman–Crippen MR) is 231 cm³/mol. The van der Waals surface area contributed by atoms with E-state index in [0.29, 0.717) is 12.8 Å². The molecule has 0 saturated carbocycles. The quantitative estimate of drug-likeness (QED) is 0.0369. The Morgan fingerprint density at radius 2 is 0.755 bits per heavy atom. The molecule has 53 heavy (non-hydrogen) atoms. The summed E-state index contributed by atoms with van der Waals surface area (Å²) >= 11 is 0. The van der Waals surface area contributed by atoms with E-state index in [1.165, 1.54) is 186 Å². The van der Waals surface area contributed by atoms with E-state index >= 15 is 0 Å². The maximum Gasteiger partial charge on any atom is 0.220 e. The van der Waals surface area contributed by atoms with Gasteiger partial charge in [0.2, 0.25) is 5.91 Å². The van der Waals surface area contributed by atoms with Crippen LogP contribution in [-0.4, -0.2) is 46.1 Å². The molecule has 0 aliphatic heterocycles. The van der Waals surface area contributed by atoms with E-state index in [1.807, 2.05) is 0 Å². The number of allylic oxidation sites excluding steroid dienone is 4. The van der Waals surface area contributed by atoms with Crippen molar-refractivity contribution in [3.8, 4) is 0 Å². The number of amides is 1. The highest BCUT2D eigenvalue weighted by atomic mass is 16.3. The van der Waals surface area contributed by atoms with Gasteiger partial charge in [0.15, 0.2) is 0 Å². The van der Waals surface area contributed by atoms with Crippen LogP contribution in [0.3, 0.4) is 0 Å². The second kappa shape index (κ2) is 43.6. The molecule has 0 heterocycles. The van der Waals surface area contributed by atoms with E-state index < -0.39 is 18.2 Å². The monoisotopic (exact) mass is 748 g/mol. The Morgan fingerprint density at radius 3 is 1.09 bits per heavy atom. The third kappa shape index (κ3) is 38.9. The molecule has 0 saturated heterocycles. The minimum Gasteiger partial charge on any atom is -0.394 e. The molecule has 0 rings (SSSR count). The smallest absolute Gasteiger partial charge is 0.220 e. The van der Waals surface area contributed by atoms with Crippen LogP contribution in [0.15, 0.2) is 24.3 Å². The van der Waals surface area contributed by atoms with Gasteiger partial charge in [0, 0.05) is 6.42 Å². The molecule has 0 aliphatic carbocycles. The highest BCUT2D eigenvalue weighted by Gasteiger charge is 2.26. The zero-order valence-corrected chi connectivity index (χ0v) is 35.7. The first-order valence-electron chi connectivity index (χ1n) is 23.6. The van der Waals surface area contributed by atoms with Crippen LogP contribution in [-0.2, 0) is 4.79 Å². The fraction of sp³-hybridized carbons (Fsp3) is 0.896. The van der Waals surface area contributed by atoms with Crippen LogP contribution in [0.5, 0.6) is 0 Å². The van der Waals surface area contributed by atoms with E-state index in [1.54, 1.807) is 0 Å². The Labute approximate surface area is 331 Å². The Balaban J connectivity index is 3.64. The summed E-state index contributed by atoms with van der Waals surface area (Å²) < 4.78 is 0. The van der Waals surface area contributed by atoms with Gasteiger partial charge in [-0.05, 0) is 64.2 Å². The highest BCUT2D eigenvalue weighted by molar-refractivity contribution is 5.76. The molecule has 0 aromatic heterocycles. The second-order valence-corrected chi connectivity index (χ2v) is 16.3. The fourth-order valence-electron chi connectivity index (χ4n) is 7.33. The van der Waals surface area contributed by atoms with Gasteiger partial charge in [-0.2, -0.15) is 0 Å². The fourth-order valence-corrected chi connectivity index (χ4v) is 7.33. The van der Waals surface area contributed by atoms with E-state index in [0.717, 1.165) is 38.5 Å². The Kier molecular flexibility index (Phi) is 42.6. The first-order chi connectivity index (χ1) is 26.1. The van der Waals surface area contributed by atoms with E-state index in [-0.39, 0.29) is 12.5 Å². The minimum atomic E-state index is -1.16. The van der Waals surface area contributed by atoms with Crippen molar-refractivity contribution < 1.29 is 20.1 Å². The number of hydrogen-bond donors (Lipinski definition) is 4. The number of unbranched alkanes of at least 4 members (excludes halogenated alkanes) is 31. The molecule has 0 aromatic rings. The molecular weight excluding hydrogens is 655 g/mol. The van der Waals surface area contributed by atoms with Crippen molar-refractivity contribution >= 4 is 5.91 Å². The van der Waals surface area contributed by atoms with Gasteiger partial charge >= 0.3 is 0 Å². The van der Waals surface area contributed by atoms with Crippen molar-refractivity contribution in [2.24, 2.45) is 0 Å². The van der Waals surface area contributed by atoms with Gasteiger partial charge in [-0.15, -0.1) is 0 Å². The summed E-state index contributed by atoms with van der Waals surface area (Å²) in [5.74, 6) is -0.157. The third-order valence-electron chi connectivity index (χ3n) is 11.0. The molecular formula is C48H93NO4. The number of aliphatic hydroxyl groups excluding tert-OH is 3. The van der Waals surface area contributed by atoms with Gasteiger partial charge in [-0.25, -0.2) is 0 Å². The first-order valence-corrected chi connectivity index (χ1v) is 23.6. The van der Waals surface area contributed by atoms with Crippen molar-refractivity contribution in [2.45, 2.75) is 270 Å². The maximum absolute atomic E-state index is 12.4. The first kappa shape index (κ1) is 51.8. The maximum atomic E-state index is 12.4. The number of aliphatic hydroxyl groups is 3. The Bertz CT molecular complexity index is 784. The summed E-state index contributed by atoms with van der Waals surface area (Å²) in [6, 6.07) is -0.826. The number of nitrogens with one attached hydrogen (secondary N) is 1. The lowest BCUT2D eigenvalue weighted by Crippen LogP contribution is -2.50. The molecule has 0 fully saturated rings. The van der Waals surface area contributed by atoms with Crippen molar-refractivity contribution in [1.82, 2.24) is 5.32 Å². The van der Waals surface area contributed by atoms with Crippen molar-refractivity contribution in [2.75, 3.05) is 6.61 Å². The molecule has 314 valence electrons. The topological polar surface area (TPSA) is 89.8 Å². The highest BCUT2D eigenvalue weighted by Crippen LogP contribution is 2.16. The van der Waals surface area contributed by atoms with Gasteiger partial charge in [-0.3, -0.25) is 4.79 Å². The summed E-state index contributed by atoms with van der Waals surface area (Å²) in [4.78, 5) is 12.4. The van der Waals surface area contributed by atoms with Gasteiger partial charge in [0.25, 0.3) is 0 Å². The molecule has 0 aliphatic rings. The van der Waals surface area contributed by atoms with Crippen molar-refractivity contribution in [3.63, 3.8) is 0 Å². The van der Waals surface area contributed by atoms with Crippen molar-refractivity contribution in [3.05, 3.63) is 24.3 Å². The lowest BCUT2D eigenvalue weighted by atomic mass is 10.0. The molecule has 0 bridgehead atoms. The van der Waals surface area contributed by atoms with Crippen LogP contribution in [0, 0.1) is 0 Å². The number of rotatable bonds is 43. The van der Waals surface area contributed by atoms with Crippen molar-refractivity contribution in [1.29, 1.82) is 0 Å². The SMILES string of the molecule is CCCCCCCCCC/C=C\CCCCCCCCCC(=O)NC(CO)C(O)C(O)CCC/C=C/CCCCCCCCCCCCCCCCC.